The van der Waals surface area contributed by atoms with Crippen LogP contribution in [-0.2, 0) is 19.5 Å². The second-order valence-electron chi connectivity index (χ2n) is 4.30. The van der Waals surface area contributed by atoms with Gasteiger partial charge >= 0.3 is 0 Å². The minimum Gasteiger partial charge on any atom is -0.448 e. The zero-order valence-electron chi connectivity index (χ0n) is 9.40. The van der Waals surface area contributed by atoms with Gasteiger partial charge in [-0.3, -0.25) is 4.90 Å². The highest BCUT2D eigenvalue weighted by atomic mass is 19.1. The Labute approximate surface area is 98.9 Å². The number of hydrogen-bond acceptors (Lipinski definition) is 3. The van der Waals surface area contributed by atoms with Crippen molar-refractivity contribution in [2.45, 2.75) is 19.5 Å². The van der Waals surface area contributed by atoms with Crippen LogP contribution < -0.4 is 0 Å². The van der Waals surface area contributed by atoms with Gasteiger partial charge in [0.2, 0.25) is 5.89 Å². The molecule has 0 aliphatic carbocycles. The zero-order valence-corrected chi connectivity index (χ0v) is 9.40. The molecule has 3 rings (SSSR count). The number of benzene rings is 1. The number of fused-ring (bicyclic) bond motifs is 1. The molecule has 0 saturated carbocycles. The van der Waals surface area contributed by atoms with Crippen molar-refractivity contribution in [1.29, 1.82) is 0 Å². The Morgan fingerprint density at radius 1 is 1.35 bits per heavy atom. The van der Waals surface area contributed by atoms with Gasteiger partial charge in [0.15, 0.2) is 0 Å². The van der Waals surface area contributed by atoms with Crippen molar-refractivity contribution < 1.29 is 8.81 Å². The number of nitrogens with zero attached hydrogens (tertiary/aromatic N) is 2. The van der Waals surface area contributed by atoms with Crippen molar-refractivity contribution in [3.05, 3.63) is 53.5 Å². The van der Waals surface area contributed by atoms with Gasteiger partial charge in [0.25, 0.3) is 0 Å². The standard InChI is InChI=1S/C13H13FN2O/c14-12-2-1-10-3-5-16(8-11(10)7-12)9-13-15-4-6-17-13/h1-2,4,6-7H,3,5,8-9H2. The summed E-state index contributed by atoms with van der Waals surface area (Å²) in [5, 5.41) is 0. The van der Waals surface area contributed by atoms with E-state index in [2.05, 4.69) is 9.88 Å². The quantitative estimate of drug-likeness (QED) is 0.796. The predicted molar refractivity (Wildman–Crippen MR) is 60.7 cm³/mol. The number of rotatable bonds is 2. The fourth-order valence-corrected chi connectivity index (χ4v) is 2.24. The molecule has 0 unspecified atom stereocenters. The molecule has 3 nitrogen and oxygen atoms in total. The molecule has 2 aromatic rings. The topological polar surface area (TPSA) is 29.3 Å². The summed E-state index contributed by atoms with van der Waals surface area (Å²) in [7, 11) is 0. The smallest absolute Gasteiger partial charge is 0.208 e. The van der Waals surface area contributed by atoms with E-state index >= 15 is 0 Å². The van der Waals surface area contributed by atoms with Crippen LogP contribution in [0.5, 0.6) is 0 Å². The fraction of sp³-hybridized carbons (Fsp3) is 0.308. The van der Waals surface area contributed by atoms with Crippen molar-refractivity contribution in [3.8, 4) is 0 Å². The molecule has 17 heavy (non-hydrogen) atoms. The van der Waals surface area contributed by atoms with Crippen molar-refractivity contribution >= 4 is 0 Å². The third kappa shape index (κ3) is 2.22. The third-order valence-corrected chi connectivity index (χ3v) is 3.10. The third-order valence-electron chi connectivity index (χ3n) is 3.10. The van der Waals surface area contributed by atoms with E-state index in [9.17, 15) is 4.39 Å². The lowest BCUT2D eigenvalue weighted by Crippen LogP contribution is -2.30. The second-order valence-corrected chi connectivity index (χ2v) is 4.30. The van der Waals surface area contributed by atoms with Gasteiger partial charge in [-0.15, -0.1) is 0 Å². The molecule has 0 fully saturated rings. The highest BCUT2D eigenvalue weighted by Crippen LogP contribution is 2.21. The lowest BCUT2D eigenvalue weighted by molar-refractivity contribution is 0.221. The van der Waals surface area contributed by atoms with Crippen LogP contribution in [0.1, 0.15) is 17.0 Å². The van der Waals surface area contributed by atoms with E-state index in [1.54, 1.807) is 18.5 Å². The molecule has 2 heterocycles. The monoisotopic (exact) mass is 232 g/mol. The first-order valence-electron chi connectivity index (χ1n) is 5.69. The van der Waals surface area contributed by atoms with Crippen LogP contribution in [0.3, 0.4) is 0 Å². The first-order valence-corrected chi connectivity index (χ1v) is 5.69. The van der Waals surface area contributed by atoms with Crippen LogP contribution >= 0.6 is 0 Å². The van der Waals surface area contributed by atoms with E-state index in [4.69, 9.17) is 4.42 Å². The normalized spacial score (nSPS) is 15.8. The summed E-state index contributed by atoms with van der Waals surface area (Å²) < 4.78 is 18.4. The first-order chi connectivity index (χ1) is 8.31. The molecular weight excluding hydrogens is 219 g/mol. The zero-order chi connectivity index (χ0) is 11.7. The summed E-state index contributed by atoms with van der Waals surface area (Å²) in [6.45, 7) is 2.40. The summed E-state index contributed by atoms with van der Waals surface area (Å²) in [6.07, 6.45) is 4.18. The number of halogens is 1. The van der Waals surface area contributed by atoms with E-state index in [0.717, 1.165) is 25.1 Å². The lowest BCUT2D eigenvalue weighted by atomic mass is 10.00. The van der Waals surface area contributed by atoms with Gasteiger partial charge in [-0.1, -0.05) is 6.07 Å². The minimum absolute atomic E-state index is 0.165. The molecule has 0 radical (unpaired) electrons. The van der Waals surface area contributed by atoms with Gasteiger partial charge < -0.3 is 4.42 Å². The Bertz CT molecular complexity index is 510. The average Bonchev–Trinajstić information content (AvgIpc) is 2.81. The molecule has 1 aliphatic rings. The molecule has 0 bridgehead atoms. The van der Waals surface area contributed by atoms with Crippen molar-refractivity contribution in [2.24, 2.45) is 0 Å². The average molecular weight is 232 g/mol. The Balaban J connectivity index is 1.76. The SMILES string of the molecule is Fc1ccc2c(c1)CN(Cc1ncco1)CC2. The van der Waals surface area contributed by atoms with E-state index < -0.39 is 0 Å². The predicted octanol–water partition coefficient (Wildman–Crippen LogP) is 2.37. The summed E-state index contributed by atoms with van der Waals surface area (Å²) in [6, 6.07) is 5.03. The second kappa shape index (κ2) is 4.30. The van der Waals surface area contributed by atoms with Crippen LogP contribution in [0, 0.1) is 5.82 Å². The van der Waals surface area contributed by atoms with E-state index in [1.807, 2.05) is 6.07 Å². The Morgan fingerprint density at radius 3 is 3.12 bits per heavy atom. The fourth-order valence-electron chi connectivity index (χ4n) is 2.24. The van der Waals surface area contributed by atoms with Crippen LogP contribution in [0.15, 0.2) is 35.1 Å². The van der Waals surface area contributed by atoms with E-state index in [0.29, 0.717) is 12.4 Å². The van der Waals surface area contributed by atoms with Crippen molar-refractivity contribution in [1.82, 2.24) is 9.88 Å². The van der Waals surface area contributed by atoms with Crippen molar-refractivity contribution in [2.75, 3.05) is 6.54 Å². The number of aromatic nitrogens is 1. The molecule has 0 spiro atoms. The van der Waals surface area contributed by atoms with Gasteiger partial charge in [-0.25, -0.2) is 9.37 Å². The molecule has 1 aromatic heterocycles. The van der Waals surface area contributed by atoms with Crippen molar-refractivity contribution in [3.63, 3.8) is 0 Å². The number of hydrogen-bond donors (Lipinski definition) is 0. The Hall–Kier alpha value is -1.68. The van der Waals surface area contributed by atoms with Crippen LogP contribution in [0.2, 0.25) is 0 Å². The van der Waals surface area contributed by atoms with Crippen LogP contribution in [0.25, 0.3) is 0 Å². The maximum absolute atomic E-state index is 13.1. The molecular formula is C13H13FN2O. The summed E-state index contributed by atoms with van der Waals surface area (Å²) >= 11 is 0. The molecule has 0 N–H and O–H groups in total. The van der Waals surface area contributed by atoms with Crippen LogP contribution in [0.4, 0.5) is 4.39 Å². The van der Waals surface area contributed by atoms with Crippen LogP contribution in [-0.4, -0.2) is 16.4 Å². The Kier molecular flexibility index (Phi) is 2.65. The molecule has 0 amide bonds. The van der Waals surface area contributed by atoms with E-state index in [-0.39, 0.29) is 5.82 Å². The van der Waals surface area contributed by atoms with Gasteiger partial charge in [0.1, 0.15) is 12.1 Å². The van der Waals surface area contributed by atoms with Gasteiger partial charge in [0.05, 0.1) is 12.7 Å². The highest BCUT2D eigenvalue weighted by molar-refractivity contribution is 5.29. The summed E-state index contributed by atoms with van der Waals surface area (Å²) in [5.74, 6) is 0.548. The molecule has 0 atom stereocenters. The Morgan fingerprint density at radius 2 is 2.29 bits per heavy atom. The molecule has 1 aliphatic heterocycles. The van der Waals surface area contributed by atoms with Gasteiger partial charge in [0, 0.05) is 13.1 Å². The minimum atomic E-state index is -0.165. The van der Waals surface area contributed by atoms with E-state index in [1.165, 1.54) is 11.6 Å². The molecule has 0 saturated heterocycles. The first kappa shape index (κ1) is 10.5. The maximum atomic E-state index is 13.1. The summed E-state index contributed by atoms with van der Waals surface area (Å²) in [4.78, 5) is 6.32. The van der Waals surface area contributed by atoms with Gasteiger partial charge in [-0.2, -0.15) is 0 Å². The maximum Gasteiger partial charge on any atom is 0.208 e. The molecule has 88 valence electrons. The highest BCUT2D eigenvalue weighted by Gasteiger charge is 2.17. The summed E-state index contributed by atoms with van der Waals surface area (Å²) in [5.41, 5.74) is 2.32. The van der Waals surface area contributed by atoms with Gasteiger partial charge in [-0.05, 0) is 29.7 Å². The lowest BCUT2D eigenvalue weighted by Gasteiger charge is -2.27. The molecule has 4 heteroatoms. The molecule has 1 aromatic carbocycles. The largest absolute Gasteiger partial charge is 0.448 e. The number of oxazole rings is 1.